The van der Waals surface area contributed by atoms with Crippen LogP contribution in [0, 0.1) is 11.3 Å². The summed E-state index contributed by atoms with van der Waals surface area (Å²) in [4.78, 5) is 54.6. The summed E-state index contributed by atoms with van der Waals surface area (Å²) in [7, 11) is 5.00. The molecule has 2 fully saturated rings. The minimum atomic E-state index is -4.88. The molecule has 66 heavy (non-hydrogen) atoms. The normalized spacial score (nSPS) is 16.8. The molecule has 3 atom stereocenters. The lowest BCUT2D eigenvalue weighted by Crippen LogP contribution is -2.51. The van der Waals surface area contributed by atoms with Crippen LogP contribution in [0.2, 0.25) is 0 Å². The van der Waals surface area contributed by atoms with E-state index in [1.807, 2.05) is 83.8 Å². The molecule has 0 radical (unpaired) electrons. The fourth-order valence-electron chi connectivity index (χ4n) is 6.58. The Balaban J connectivity index is 0.000000373. The molecule has 5 rings (SSSR count). The molecular weight excluding hydrogens is 859 g/mol. The molecule has 1 unspecified atom stereocenters. The van der Waals surface area contributed by atoms with Crippen LogP contribution in [0.1, 0.15) is 84.2 Å². The third-order valence-corrected chi connectivity index (χ3v) is 10.3. The number of rotatable bonds is 12. The average Bonchev–Trinajstić information content (AvgIpc) is 3.63. The minimum Gasteiger partial charge on any atom is -0.453 e. The second kappa shape index (κ2) is 26.9. The van der Waals surface area contributed by atoms with Crippen LogP contribution in [0.5, 0.6) is 5.75 Å². The standard InChI is InChI=1S/C24H24F4N2O2.C15H24N4O.C7H13NO3.C3H8/c1-15(12-29-16(2)22-11-20(25)13-30(22)3)18-5-7-19(8-6-18)21-9-4-17(14-31)10-23(21)32-24(26,27)28;1-15(2,3)14(20)19-9-7-18(8-10-19)13-6-5-12(16-4)11-17-13;1-5(2)6(4-9)8-7(10)11-3;1-3-2/h4-10,12,14,20,22,29H,2,11,13H2,1,3H3;5-6,11,16H,7-10H2,1-4H3;4-6H,1-3H3,(H,8,10);3H2,1-2H3/b15-12+;;;/t20-,22?;;6-;/m1.1./s1. The van der Waals surface area contributed by atoms with Crippen molar-refractivity contribution >= 4 is 41.7 Å². The number of likely N-dealkylation sites (N-methyl/N-ethyl adjacent to an activating group) is 1. The Labute approximate surface area is 388 Å². The number of hydrogen-bond donors (Lipinski definition) is 3. The number of carbonyl (C=O) groups excluding carboxylic acids is 4. The lowest BCUT2D eigenvalue weighted by Gasteiger charge is -2.38. The molecule has 0 bridgehead atoms. The van der Waals surface area contributed by atoms with E-state index >= 15 is 0 Å². The van der Waals surface area contributed by atoms with E-state index < -0.39 is 30.4 Å². The summed E-state index contributed by atoms with van der Waals surface area (Å²) in [6.45, 7) is 23.3. The summed E-state index contributed by atoms with van der Waals surface area (Å²) in [5.74, 6) is 0.862. The second-order valence-corrected chi connectivity index (χ2v) is 17.2. The molecule has 0 spiro atoms. The molecule has 2 amide bonds. The molecule has 3 N–H and O–H groups in total. The number of alkyl halides is 4. The van der Waals surface area contributed by atoms with Gasteiger partial charge in [0.15, 0.2) is 0 Å². The molecule has 13 nitrogen and oxygen atoms in total. The number of alkyl carbamates (subject to hydrolysis) is 1. The molecular formula is C49H69F4N7O6. The number of likely N-dealkylation sites (tertiary alicyclic amines) is 1. The Kier molecular flexibility index (Phi) is 22.9. The van der Waals surface area contributed by atoms with E-state index in [1.165, 1.54) is 25.7 Å². The first-order valence-corrected chi connectivity index (χ1v) is 21.9. The van der Waals surface area contributed by atoms with Crippen LogP contribution in [-0.2, 0) is 14.3 Å². The van der Waals surface area contributed by atoms with Crippen molar-refractivity contribution in [3.8, 4) is 16.9 Å². The molecule has 3 heterocycles. The fourth-order valence-corrected chi connectivity index (χ4v) is 6.58. The summed E-state index contributed by atoms with van der Waals surface area (Å²) >= 11 is 0. The molecule has 2 saturated heterocycles. The van der Waals surface area contributed by atoms with Crippen molar-refractivity contribution in [2.24, 2.45) is 11.3 Å². The van der Waals surface area contributed by atoms with Gasteiger partial charge in [-0.15, -0.1) is 13.2 Å². The number of amides is 2. The maximum absolute atomic E-state index is 13.6. The Morgan fingerprint density at radius 1 is 0.985 bits per heavy atom. The Bertz CT molecular complexity index is 2030. The maximum atomic E-state index is 13.6. The van der Waals surface area contributed by atoms with Gasteiger partial charge in [-0.3, -0.25) is 14.5 Å². The number of nitrogens with zero attached hydrogens (tertiary/aromatic N) is 4. The highest BCUT2D eigenvalue weighted by Gasteiger charge is 2.33. The predicted octanol–water partition coefficient (Wildman–Crippen LogP) is 9.37. The van der Waals surface area contributed by atoms with Crippen molar-refractivity contribution in [2.75, 3.05) is 64.1 Å². The Morgan fingerprint density at radius 3 is 2.06 bits per heavy atom. The SMILES string of the molecule is C=C(N/C=C(\C)c1ccc(-c2ccc(C=O)cc2OC(F)(F)F)cc1)C1C[C@@H](F)CN1C.CCC.CNc1ccc(N2CCN(C(=O)C(C)(C)C)CC2)nc1.COC(=O)N[C@H](C=O)C(C)C. The van der Waals surface area contributed by atoms with E-state index in [-0.39, 0.29) is 34.4 Å². The van der Waals surface area contributed by atoms with Crippen LogP contribution in [0.25, 0.3) is 16.7 Å². The maximum Gasteiger partial charge on any atom is 0.573 e. The summed E-state index contributed by atoms with van der Waals surface area (Å²) < 4.78 is 60.4. The summed E-state index contributed by atoms with van der Waals surface area (Å²) in [5.41, 5.74) is 3.95. The van der Waals surface area contributed by atoms with Gasteiger partial charge in [0.25, 0.3) is 0 Å². The van der Waals surface area contributed by atoms with E-state index in [0.29, 0.717) is 36.8 Å². The lowest BCUT2D eigenvalue weighted by molar-refractivity contribution is -0.274. The fraction of sp³-hybridized carbons (Fsp3) is 0.490. The summed E-state index contributed by atoms with van der Waals surface area (Å²) in [6, 6.07) is 14.3. The number of aromatic nitrogens is 1. The molecule has 2 aromatic carbocycles. The van der Waals surface area contributed by atoms with Crippen molar-refractivity contribution in [3.05, 3.63) is 90.4 Å². The smallest absolute Gasteiger partial charge is 0.453 e. The number of aldehydes is 2. The third-order valence-electron chi connectivity index (χ3n) is 10.3. The van der Waals surface area contributed by atoms with Gasteiger partial charge in [-0.05, 0) is 60.9 Å². The van der Waals surface area contributed by atoms with Crippen LogP contribution in [0.3, 0.4) is 0 Å². The van der Waals surface area contributed by atoms with Crippen LogP contribution < -0.4 is 25.6 Å². The Hall–Kier alpha value is -5.97. The first-order valence-electron chi connectivity index (χ1n) is 21.9. The molecule has 3 aromatic rings. The zero-order valence-corrected chi connectivity index (χ0v) is 40.2. The van der Waals surface area contributed by atoms with E-state index in [4.69, 9.17) is 0 Å². The zero-order chi connectivity index (χ0) is 49.8. The number of nitrogens with one attached hydrogen (secondary N) is 3. The number of hydrogen-bond acceptors (Lipinski definition) is 11. The highest BCUT2D eigenvalue weighted by Crippen LogP contribution is 2.35. The number of benzene rings is 2. The van der Waals surface area contributed by atoms with Crippen LogP contribution in [0.4, 0.5) is 33.9 Å². The van der Waals surface area contributed by atoms with Gasteiger partial charge >= 0.3 is 12.5 Å². The largest absolute Gasteiger partial charge is 0.573 e. The van der Waals surface area contributed by atoms with Gasteiger partial charge in [-0.25, -0.2) is 14.2 Å². The minimum absolute atomic E-state index is 0.0849. The molecule has 17 heteroatoms. The second-order valence-electron chi connectivity index (χ2n) is 17.2. The van der Waals surface area contributed by atoms with Gasteiger partial charge in [0, 0.05) is 74.6 Å². The third kappa shape index (κ3) is 18.5. The van der Waals surface area contributed by atoms with Gasteiger partial charge in [0.2, 0.25) is 5.91 Å². The number of carbonyl (C=O) groups is 4. The lowest BCUT2D eigenvalue weighted by atomic mass is 9.94. The van der Waals surface area contributed by atoms with Crippen molar-refractivity contribution < 1.29 is 46.2 Å². The number of methoxy groups -OCH3 is 1. The number of halogens is 4. The van der Waals surface area contributed by atoms with Crippen LogP contribution in [-0.4, -0.2) is 118 Å². The van der Waals surface area contributed by atoms with E-state index in [1.54, 1.807) is 30.5 Å². The van der Waals surface area contributed by atoms with Crippen molar-refractivity contribution in [1.82, 2.24) is 25.4 Å². The highest BCUT2D eigenvalue weighted by atomic mass is 19.4. The van der Waals surface area contributed by atoms with E-state index in [9.17, 15) is 36.7 Å². The molecule has 2 aliphatic heterocycles. The number of anilines is 2. The van der Waals surface area contributed by atoms with Crippen molar-refractivity contribution in [2.45, 2.75) is 92.8 Å². The highest BCUT2D eigenvalue weighted by molar-refractivity contribution is 5.82. The van der Waals surface area contributed by atoms with Crippen LogP contribution >= 0.6 is 0 Å². The topological polar surface area (TPSA) is 145 Å². The van der Waals surface area contributed by atoms with Gasteiger partial charge in [-0.1, -0.05) is 91.8 Å². The van der Waals surface area contributed by atoms with Gasteiger partial charge < -0.3 is 40.0 Å². The zero-order valence-electron chi connectivity index (χ0n) is 40.2. The first-order chi connectivity index (χ1) is 31.0. The first kappa shape index (κ1) is 56.2. The number of ether oxygens (including phenoxy) is 2. The molecule has 0 aliphatic carbocycles. The molecule has 0 saturated carbocycles. The number of piperazine rings is 1. The van der Waals surface area contributed by atoms with Gasteiger partial charge in [-0.2, -0.15) is 0 Å². The van der Waals surface area contributed by atoms with Crippen molar-refractivity contribution in [3.63, 3.8) is 0 Å². The van der Waals surface area contributed by atoms with E-state index in [2.05, 4.69) is 55.7 Å². The number of allylic oxidation sites excluding steroid dienone is 1. The quantitative estimate of drug-likeness (QED) is 0.118. The van der Waals surface area contributed by atoms with Crippen molar-refractivity contribution in [1.29, 1.82) is 0 Å². The molecule has 1 aromatic heterocycles. The monoisotopic (exact) mass is 928 g/mol. The molecule has 364 valence electrons. The van der Waals surface area contributed by atoms with E-state index in [0.717, 1.165) is 54.9 Å². The summed E-state index contributed by atoms with van der Waals surface area (Å²) in [6.07, 6.45) is 0.0947. The number of pyridine rings is 1. The summed E-state index contributed by atoms with van der Waals surface area (Å²) in [5, 5.41) is 8.57. The van der Waals surface area contributed by atoms with Crippen LogP contribution in [0.15, 0.2) is 79.3 Å². The van der Waals surface area contributed by atoms with Gasteiger partial charge in [0.1, 0.15) is 30.3 Å². The predicted molar refractivity (Wildman–Crippen MR) is 254 cm³/mol. The average molecular weight is 928 g/mol. The van der Waals surface area contributed by atoms with Gasteiger partial charge in [0.05, 0.1) is 31.1 Å². The Morgan fingerprint density at radius 2 is 1.61 bits per heavy atom. The molecule has 2 aliphatic rings.